The fraction of sp³-hybridized carbons (Fsp3) is 0. The number of aromatic nitrogens is 3. The Kier molecular flexibility index (Phi) is 1.75. The Morgan fingerprint density at radius 2 is 2.07 bits per heavy atom. The molecule has 15 heavy (non-hydrogen) atoms. The predicted octanol–water partition coefficient (Wildman–Crippen LogP) is 1.52. The van der Waals surface area contributed by atoms with Gasteiger partial charge in [0, 0.05) is 4.90 Å². The number of hydrogen-bond donors (Lipinski definition) is 2. The molecule has 1 amide bonds. The molecule has 0 unspecified atom stereocenters. The van der Waals surface area contributed by atoms with Crippen LogP contribution in [0.25, 0.3) is 0 Å². The molecule has 1 aromatic heterocycles. The van der Waals surface area contributed by atoms with Crippen molar-refractivity contribution >= 4 is 23.4 Å². The molecule has 0 fully saturated rings. The number of nitrogens with one attached hydrogen (secondary N) is 2. The lowest BCUT2D eigenvalue weighted by Crippen LogP contribution is -2.11. The molecule has 0 bridgehead atoms. The van der Waals surface area contributed by atoms with Gasteiger partial charge in [0.05, 0.1) is 5.69 Å². The number of carbonyl (C=O) groups is 1. The fourth-order valence-electron chi connectivity index (χ4n) is 1.38. The normalized spacial score (nSPS) is 13.7. The molecule has 0 spiro atoms. The smallest absolute Gasteiger partial charge is 0.279 e. The number of hydrogen-bond acceptors (Lipinski definition) is 4. The van der Waals surface area contributed by atoms with Crippen molar-refractivity contribution in [2.75, 3.05) is 5.32 Å². The van der Waals surface area contributed by atoms with E-state index >= 15 is 0 Å². The quantitative estimate of drug-likeness (QED) is 0.703. The van der Waals surface area contributed by atoms with Crippen molar-refractivity contribution in [1.82, 2.24) is 15.4 Å². The number of amides is 1. The molecule has 2 heterocycles. The molecule has 3 rings (SSSR count). The Morgan fingerprint density at radius 3 is 3.00 bits per heavy atom. The van der Waals surface area contributed by atoms with E-state index in [-0.39, 0.29) is 5.91 Å². The molecular weight excluding hydrogens is 212 g/mol. The van der Waals surface area contributed by atoms with Crippen LogP contribution in [0.1, 0.15) is 10.5 Å². The van der Waals surface area contributed by atoms with Gasteiger partial charge >= 0.3 is 0 Å². The molecule has 0 saturated heterocycles. The predicted molar refractivity (Wildman–Crippen MR) is 54.9 cm³/mol. The van der Waals surface area contributed by atoms with Crippen LogP contribution in [-0.2, 0) is 0 Å². The first-order chi connectivity index (χ1) is 7.34. The van der Waals surface area contributed by atoms with Gasteiger partial charge in [0.1, 0.15) is 0 Å². The Labute approximate surface area is 89.3 Å². The molecule has 6 heteroatoms. The lowest BCUT2D eigenvalue weighted by Gasteiger charge is -2.03. The minimum Gasteiger partial charge on any atom is -0.319 e. The zero-order valence-corrected chi connectivity index (χ0v) is 8.34. The molecule has 0 saturated carbocycles. The number of H-pyrrole nitrogens is 1. The van der Waals surface area contributed by atoms with Crippen LogP contribution >= 0.6 is 11.8 Å². The van der Waals surface area contributed by atoms with E-state index in [4.69, 9.17) is 0 Å². The zero-order chi connectivity index (χ0) is 10.3. The lowest BCUT2D eigenvalue weighted by atomic mass is 10.3. The SMILES string of the molecule is O=C1Nc2ccccc2Sc2n[nH]nc21. The number of rotatable bonds is 0. The molecule has 5 nitrogen and oxygen atoms in total. The largest absolute Gasteiger partial charge is 0.319 e. The van der Waals surface area contributed by atoms with Crippen molar-refractivity contribution in [3.05, 3.63) is 30.0 Å². The van der Waals surface area contributed by atoms with Gasteiger partial charge in [-0.1, -0.05) is 23.9 Å². The van der Waals surface area contributed by atoms with E-state index in [1.54, 1.807) is 0 Å². The highest BCUT2D eigenvalue weighted by atomic mass is 32.2. The second-order valence-corrected chi connectivity index (χ2v) is 4.06. The Bertz CT molecular complexity index is 536. The van der Waals surface area contributed by atoms with Crippen LogP contribution in [0, 0.1) is 0 Å². The number of benzene rings is 1. The number of nitrogens with zero attached hydrogens (tertiary/aromatic N) is 2. The number of para-hydroxylation sites is 1. The average molecular weight is 218 g/mol. The fourth-order valence-corrected chi connectivity index (χ4v) is 2.29. The second kappa shape index (κ2) is 3.09. The highest BCUT2D eigenvalue weighted by Gasteiger charge is 2.22. The summed E-state index contributed by atoms with van der Waals surface area (Å²) in [6, 6.07) is 7.59. The molecule has 0 atom stereocenters. The van der Waals surface area contributed by atoms with E-state index in [0.717, 1.165) is 10.6 Å². The number of carbonyl (C=O) groups excluding carboxylic acids is 1. The zero-order valence-electron chi connectivity index (χ0n) is 7.52. The van der Waals surface area contributed by atoms with Crippen molar-refractivity contribution in [2.24, 2.45) is 0 Å². The van der Waals surface area contributed by atoms with Crippen molar-refractivity contribution in [1.29, 1.82) is 0 Å². The van der Waals surface area contributed by atoms with Gasteiger partial charge < -0.3 is 5.32 Å². The lowest BCUT2D eigenvalue weighted by molar-refractivity contribution is 0.101. The first-order valence-electron chi connectivity index (χ1n) is 4.33. The molecule has 1 aliphatic heterocycles. The van der Waals surface area contributed by atoms with Crippen LogP contribution in [0.5, 0.6) is 0 Å². The van der Waals surface area contributed by atoms with Crippen LogP contribution in [0.4, 0.5) is 5.69 Å². The Morgan fingerprint density at radius 1 is 1.20 bits per heavy atom. The van der Waals surface area contributed by atoms with E-state index in [1.165, 1.54) is 11.8 Å². The van der Waals surface area contributed by atoms with Crippen LogP contribution in [0.2, 0.25) is 0 Å². The van der Waals surface area contributed by atoms with Crippen LogP contribution in [-0.4, -0.2) is 21.3 Å². The summed E-state index contributed by atoms with van der Waals surface area (Å²) < 4.78 is 0. The summed E-state index contributed by atoms with van der Waals surface area (Å²) in [4.78, 5) is 12.7. The van der Waals surface area contributed by atoms with Crippen molar-refractivity contribution in [2.45, 2.75) is 9.92 Å². The summed E-state index contributed by atoms with van der Waals surface area (Å²) in [7, 11) is 0. The van der Waals surface area contributed by atoms with Crippen LogP contribution < -0.4 is 5.32 Å². The molecule has 0 aliphatic carbocycles. The van der Waals surface area contributed by atoms with E-state index < -0.39 is 0 Å². The minimum absolute atomic E-state index is 0.226. The maximum Gasteiger partial charge on any atom is 0.279 e. The third kappa shape index (κ3) is 1.30. The van der Waals surface area contributed by atoms with Gasteiger partial charge in [0.2, 0.25) is 0 Å². The van der Waals surface area contributed by atoms with Gasteiger partial charge in [-0.2, -0.15) is 5.21 Å². The van der Waals surface area contributed by atoms with Crippen molar-refractivity contribution < 1.29 is 4.79 Å². The van der Waals surface area contributed by atoms with E-state index in [2.05, 4.69) is 20.7 Å². The van der Waals surface area contributed by atoms with Crippen LogP contribution in [0.15, 0.2) is 34.2 Å². The summed E-state index contributed by atoms with van der Waals surface area (Å²) in [6.07, 6.45) is 0. The Balaban J connectivity index is 2.18. The average Bonchev–Trinajstić information content (AvgIpc) is 2.64. The molecule has 2 aromatic rings. The highest BCUT2D eigenvalue weighted by molar-refractivity contribution is 7.99. The van der Waals surface area contributed by atoms with Gasteiger partial charge in [0.15, 0.2) is 10.7 Å². The molecule has 1 aliphatic rings. The molecule has 74 valence electrons. The first kappa shape index (κ1) is 8.49. The third-order valence-electron chi connectivity index (χ3n) is 2.07. The monoisotopic (exact) mass is 218 g/mol. The third-order valence-corrected chi connectivity index (χ3v) is 3.13. The second-order valence-electron chi connectivity index (χ2n) is 3.03. The number of aromatic amines is 1. The summed E-state index contributed by atoms with van der Waals surface area (Å²) >= 11 is 1.43. The number of fused-ring (bicyclic) bond motifs is 2. The molecular formula is C9H6N4OS. The molecule has 0 radical (unpaired) electrons. The maximum absolute atomic E-state index is 11.7. The van der Waals surface area contributed by atoms with Crippen molar-refractivity contribution in [3.63, 3.8) is 0 Å². The Hall–Kier alpha value is -1.82. The topological polar surface area (TPSA) is 70.7 Å². The van der Waals surface area contributed by atoms with Gasteiger partial charge in [-0.05, 0) is 12.1 Å². The highest BCUT2D eigenvalue weighted by Crippen LogP contribution is 2.36. The summed E-state index contributed by atoms with van der Waals surface area (Å²) in [5.41, 5.74) is 1.14. The van der Waals surface area contributed by atoms with Gasteiger partial charge in [-0.3, -0.25) is 4.79 Å². The first-order valence-corrected chi connectivity index (χ1v) is 5.15. The minimum atomic E-state index is -0.226. The van der Waals surface area contributed by atoms with Gasteiger partial charge in [-0.25, -0.2) is 0 Å². The number of anilines is 1. The van der Waals surface area contributed by atoms with E-state index in [1.807, 2.05) is 24.3 Å². The maximum atomic E-state index is 11.7. The molecule has 2 N–H and O–H groups in total. The molecule has 1 aromatic carbocycles. The van der Waals surface area contributed by atoms with Crippen LogP contribution in [0.3, 0.4) is 0 Å². The van der Waals surface area contributed by atoms with Crippen molar-refractivity contribution in [3.8, 4) is 0 Å². The van der Waals surface area contributed by atoms with E-state index in [9.17, 15) is 4.79 Å². The van der Waals surface area contributed by atoms with E-state index in [0.29, 0.717) is 10.7 Å². The van der Waals surface area contributed by atoms with Gasteiger partial charge in [-0.15, -0.1) is 10.2 Å². The summed E-state index contributed by atoms with van der Waals surface area (Å²) in [6.45, 7) is 0. The standard InChI is InChI=1S/C9H6N4OS/c14-8-7-9(12-13-11-7)15-6-4-2-1-3-5(6)10-8/h1-4H,(H,10,14)(H,11,12,13). The van der Waals surface area contributed by atoms with Gasteiger partial charge in [0.25, 0.3) is 5.91 Å². The summed E-state index contributed by atoms with van der Waals surface area (Å²) in [5.74, 6) is -0.226. The summed E-state index contributed by atoms with van der Waals surface area (Å²) in [5, 5.41) is 13.6.